The van der Waals surface area contributed by atoms with Crippen molar-refractivity contribution in [1.29, 1.82) is 0 Å². The lowest BCUT2D eigenvalue weighted by Crippen LogP contribution is -2.37. The molecule has 5 rings (SSSR count). The van der Waals surface area contributed by atoms with Crippen LogP contribution in [0.25, 0.3) is 10.8 Å². The molecule has 0 aliphatic carbocycles. The van der Waals surface area contributed by atoms with E-state index in [2.05, 4.69) is 20.2 Å². The number of ether oxygens (including phenoxy) is 2. The molecule has 1 saturated heterocycles. The van der Waals surface area contributed by atoms with E-state index in [1.807, 2.05) is 45.0 Å². The number of nitrogens with zero attached hydrogens (tertiary/aromatic N) is 3. The summed E-state index contributed by atoms with van der Waals surface area (Å²) in [4.78, 5) is 36.9. The third-order valence-electron chi connectivity index (χ3n) is 6.37. The number of hydrogen-bond acceptors (Lipinski definition) is 8. The zero-order valence-electron chi connectivity index (χ0n) is 21.9. The maximum Gasteiger partial charge on any atom is 0.296 e. The number of morpholine rings is 1. The van der Waals surface area contributed by atoms with Gasteiger partial charge in [-0.25, -0.2) is 4.98 Å². The molecule has 0 saturated carbocycles. The van der Waals surface area contributed by atoms with Gasteiger partial charge in [-0.2, -0.15) is 4.98 Å². The van der Waals surface area contributed by atoms with E-state index in [1.165, 1.54) is 0 Å². The van der Waals surface area contributed by atoms with Gasteiger partial charge in [0.15, 0.2) is 0 Å². The van der Waals surface area contributed by atoms with Crippen LogP contribution >= 0.6 is 0 Å². The summed E-state index contributed by atoms with van der Waals surface area (Å²) in [6.07, 6.45) is 1.67. The van der Waals surface area contributed by atoms with Crippen molar-refractivity contribution in [2.45, 2.75) is 33.1 Å². The molecular formula is C29H30N4O5. The molecule has 0 unspecified atom stereocenters. The van der Waals surface area contributed by atoms with E-state index < -0.39 is 11.7 Å². The molecular weight excluding hydrogens is 484 g/mol. The van der Waals surface area contributed by atoms with E-state index in [9.17, 15) is 9.59 Å². The number of benzene rings is 2. The van der Waals surface area contributed by atoms with Crippen LogP contribution in [-0.2, 0) is 14.9 Å². The normalized spacial score (nSPS) is 13.9. The second kappa shape index (κ2) is 10.3. The molecule has 2 aromatic heterocycles. The van der Waals surface area contributed by atoms with Gasteiger partial charge in [0.2, 0.25) is 11.8 Å². The van der Waals surface area contributed by atoms with Crippen LogP contribution in [0, 0.1) is 6.92 Å². The van der Waals surface area contributed by atoms with Crippen molar-refractivity contribution >= 4 is 34.1 Å². The van der Waals surface area contributed by atoms with Crippen LogP contribution in [-0.4, -0.2) is 48.0 Å². The summed E-state index contributed by atoms with van der Waals surface area (Å²) in [5.74, 6) is 1.24. The molecule has 2 aromatic carbocycles. The van der Waals surface area contributed by atoms with E-state index in [1.54, 1.807) is 37.4 Å². The average molecular weight is 515 g/mol. The fourth-order valence-corrected chi connectivity index (χ4v) is 4.27. The van der Waals surface area contributed by atoms with Crippen LogP contribution in [0.3, 0.4) is 0 Å². The van der Waals surface area contributed by atoms with Crippen LogP contribution in [0.5, 0.6) is 11.6 Å². The van der Waals surface area contributed by atoms with Crippen LogP contribution < -0.4 is 15.0 Å². The number of anilines is 2. The first-order chi connectivity index (χ1) is 18.2. The molecule has 38 heavy (non-hydrogen) atoms. The minimum atomic E-state index is -0.737. The monoisotopic (exact) mass is 514 g/mol. The minimum absolute atomic E-state index is 0.261. The van der Waals surface area contributed by atoms with Gasteiger partial charge in [0.1, 0.15) is 17.3 Å². The summed E-state index contributed by atoms with van der Waals surface area (Å²) in [6, 6.07) is 14.3. The number of ketones is 1. The predicted octanol–water partition coefficient (Wildman–Crippen LogP) is 5.28. The highest BCUT2D eigenvalue weighted by Crippen LogP contribution is 2.34. The van der Waals surface area contributed by atoms with E-state index in [0.29, 0.717) is 48.0 Å². The molecule has 1 amide bonds. The number of aryl methyl sites for hydroxylation is 1. The zero-order chi connectivity index (χ0) is 26.9. The minimum Gasteiger partial charge on any atom is -0.465 e. The lowest BCUT2D eigenvalue weighted by atomic mass is 9.93. The molecule has 0 bridgehead atoms. The SMILES string of the molecule is Cc1oc(C(C)(C)C)cc1C(=O)C(=O)Nc1ccc(Oc2ccnc(N3CCOCC3)n2)c2ccccc12. The molecule has 9 nitrogen and oxygen atoms in total. The Labute approximate surface area is 220 Å². The predicted molar refractivity (Wildman–Crippen MR) is 144 cm³/mol. The highest BCUT2D eigenvalue weighted by atomic mass is 16.5. The second-order valence-electron chi connectivity index (χ2n) is 10.2. The van der Waals surface area contributed by atoms with E-state index >= 15 is 0 Å². The first-order valence-electron chi connectivity index (χ1n) is 12.5. The van der Waals surface area contributed by atoms with Crippen molar-refractivity contribution in [3.63, 3.8) is 0 Å². The van der Waals surface area contributed by atoms with Gasteiger partial charge in [0, 0.05) is 47.2 Å². The van der Waals surface area contributed by atoms with E-state index in [-0.39, 0.29) is 11.0 Å². The number of nitrogens with one attached hydrogen (secondary N) is 1. The van der Waals surface area contributed by atoms with Crippen molar-refractivity contribution < 1.29 is 23.5 Å². The molecule has 1 aliphatic rings. The number of aromatic nitrogens is 2. The summed E-state index contributed by atoms with van der Waals surface area (Å²) in [7, 11) is 0. The van der Waals surface area contributed by atoms with Crippen LogP contribution in [0.15, 0.2) is 59.1 Å². The quantitative estimate of drug-likeness (QED) is 0.274. The Bertz CT molecular complexity index is 1500. The molecule has 1 fully saturated rings. The molecule has 0 atom stereocenters. The number of rotatable bonds is 6. The maximum absolute atomic E-state index is 13.0. The summed E-state index contributed by atoms with van der Waals surface area (Å²) in [5, 5.41) is 4.26. The maximum atomic E-state index is 13.0. The lowest BCUT2D eigenvalue weighted by molar-refractivity contribution is -0.112. The Balaban J connectivity index is 1.38. The summed E-state index contributed by atoms with van der Waals surface area (Å²) >= 11 is 0. The first kappa shape index (κ1) is 25.4. The van der Waals surface area contributed by atoms with Crippen molar-refractivity contribution in [3.05, 3.63) is 71.8 Å². The highest BCUT2D eigenvalue weighted by Gasteiger charge is 2.27. The Kier molecular flexibility index (Phi) is 6.86. The summed E-state index contributed by atoms with van der Waals surface area (Å²) < 4.78 is 17.3. The van der Waals surface area contributed by atoms with Gasteiger partial charge in [-0.1, -0.05) is 45.0 Å². The molecule has 196 valence electrons. The van der Waals surface area contributed by atoms with E-state index in [4.69, 9.17) is 13.9 Å². The Morgan fingerprint density at radius 1 is 1.03 bits per heavy atom. The summed E-state index contributed by atoms with van der Waals surface area (Å²) in [5.41, 5.74) is 0.482. The number of furan rings is 1. The van der Waals surface area contributed by atoms with Gasteiger partial charge < -0.3 is 24.1 Å². The van der Waals surface area contributed by atoms with Crippen LogP contribution in [0.2, 0.25) is 0 Å². The zero-order valence-corrected chi connectivity index (χ0v) is 21.9. The van der Waals surface area contributed by atoms with Gasteiger partial charge in [-0.3, -0.25) is 9.59 Å². The number of fused-ring (bicyclic) bond motifs is 1. The van der Waals surface area contributed by atoms with Gasteiger partial charge >= 0.3 is 0 Å². The van der Waals surface area contributed by atoms with Gasteiger partial charge in [-0.05, 0) is 25.1 Å². The number of amides is 1. The van der Waals surface area contributed by atoms with Crippen molar-refractivity contribution in [3.8, 4) is 11.6 Å². The highest BCUT2D eigenvalue weighted by molar-refractivity contribution is 6.47. The van der Waals surface area contributed by atoms with Crippen molar-refractivity contribution in [2.75, 3.05) is 36.5 Å². The Hall–Kier alpha value is -4.24. The third-order valence-corrected chi connectivity index (χ3v) is 6.37. The third kappa shape index (κ3) is 5.24. The van der Waals surface area contributed by atoms with Crippen LogP contribution in [0.4, 0.5) is 11.6 Å². The molecule has 1 N–H and O–H groups in total. The summed E-state index contributed by atoms with van der Waals surface area (Å²) in [6.45, 7) is 10.3. The number of Topliss-reactive ketones (excluding diaryl/α,β-unsaturated/α-hetero) is 1. The smallest absolute Gasteiger partial charge is 0.296 e. The lowest BCUT2D eigenvalue weighted by Gasteiger charge is -2.26. The standard InChI is InChI=1S/C29H30N4O5/c1-18-21(17-24(37-18)29(2,3)4)26(34)27(35)31-22-9-10-23(20-8-6-5-7-19(20)22)38-25-11-12-30-28(32-25)33-13-15-36-16-14-33/h5-12,17H,13-16H2,1-4H3,(H,31,35). The van der Waals surface area contributed by atoms with Gasteiger partial charge in [0.05, 0.1) is 18.8 Å². The second-order valence-corrected chi connectivity index (χ2v) is 10.2. The largest absolute Gasteiger partial charge is 0.465 e. The van der Waals surface area contributed by atoms with Gasteiger partial charge in [0.25, 0.3) is 11.7 Å². The van der Waals surface area contributed by atoms with Crippen molar-refractivity contribution in [1.82, 2.24) is 9.97 Å². The van der Waals surface area contributed by atoms with Gasteiger partial charge in [-0.15, -0.1) is 0 Å². The Morgan fingerprint density at radius 2 is 1.76 bits per heavy atom. The molecule has 4 aromatic rings. The fourth-order valence-electron chi connectivity index (χ4n) is 4.27. The van der Waals surface area contributed by atoms with Crippen LogP contribution in [0.1, 0.15) is 42.6 Å². The molecule has 3 heterocycles. The number of carbonyl (C=O) groups is 2. The molecule has 9 heteroatoms. The first-order valence-corrected chi connectivity index (χ1v) is 12.5. The van der Waals surface area contributed by atoms with E-state index in [0.717, 1.165) is 23.9 Å². The number of carbonyl (C=O) groups excluding carboxylic acids is 2. The molecule has 1 aliphatic heterocycles. The Morgan fingerprint density at radius 3 is 2.47 bits per heavy atom. The molecule has 0 spiro atoms. The van der Waals surface area contributed by atoms with Crippen molar-refractivity contribution in [2.24, 2.45) is 0 Å². The topological polar surface area (TPSA) is 107 Å². The average Bonchev–Trinajstić information content (AvgIpc) is 3.32. The molecule has 0 radical (unpaired) electrons. The fraction of sp³-hybridized carbons (Fsp3) is 0.310. The number of hydrogen-bond donors (Lipinski definition) is 1.